The van der Waals surface area contributed by atoms with E-state index in [1.165, 1.54) is 0 Å². The average Bonchev–Trinajstić information content (AvgIpc) is 2.47. The number of rotatable bonds is 2. The van der Waals surface area contributed by atoms with E-state index in [0.717, 1.165) is 5.39 Å². The Morgan fingerprint density at radius 2 is 1.55 bits per heavy atom. The molecular formula is C16H14O3S. The Hall–Kier alpha value is -2.20. The molecule has 0 radical (unpaired) electrons. The Bertz CT molecular complexity index is 807. The van der Waals surface area contributed by atoms with Crippen LogP contribution >= 0.6 is 0 Å². The fourth-order valence-corrected chi connectivity index (χ4v) is 2.93. The molecule has 1 atom stereocenters. The first kappa shape index (κ1) is 14.2. The minimum atomic E-state index is -1.52. The van der Waals surface area contributed by atoms with Gasteiger partial charge in [-0.25, -0.2) is 9.00 Å². The van der Waals surface area contributed by atoms with E-state index in [1.807, 2.05) is 18.2 Å². The van der Waals surface area contributed by atoms with E-state index in [1.54, 1.807) is 42.5 Å². The standard InChI is InChI=1S/C15H10O3S.CH4/c16-15-14(19(17)12-7-2-1-3-8-12)10-11-6-4-5-9-13(11)18-15;/h1-10H;1H4. The predicted octanol–water partition coefficient (Wildman–Crippen LogP) is 3.60. The normalized spacial score (nSPS) is 11.8. The summed E-state index contributed by atoms with van der Waals surface area (Å²) in [6.07, 6.45) is 0. The van der Waals surface area contributed by atoms with Crippen LogP contribution in [0.1, 0.15) is 7.43 Å². The molecule has 0 spiro atoms. The lowest BCUT2D eigenvalue weighted by Crippen LogP contribution is -2.09. The van der Waals surface area contributed by atoms with Crippen LogP contribution in [0, 0.1) is 0 Å². The molecule has 4 heteroatoms. The Morgan fingerprint density at radius 3 is 2.30 bits per heavy atom. The van der Waals surface area contributed by atoms with Gasteiger partial charge in [0.25, 0.3) is 0 Å². The van der Waals surface area contributed by atoms with E-state index in [2.05, 4.69) is 0 Å². The minimum absolute atomic E-state index is 0. The number of hydrogen-bond acceptors (Lipinski definition) is 3. The second kappa shape index (κ2) is 5.84. The Balaban J connectivity index is 0.00000147. The Kier molecular flexibility index (Phi) is 4.15. The lowest BCUT2D eigenvalue weighted by Gasteiger charge is -2.02. The molecule has 0 fully saturated rings. The topological polar surface area (TPSA) is 47.3 Å². The summed E-state index contributed by atoms with van der Waals surface area (Å²) in [6, 6.07) is 17.7. The van der Waals surface area contributed by atoms with Gasteiger partial charge in [0, 0.05) is 10.3 Å². The van der Waals surface area contributed by atoms with E-state index in [-0.39, 0.29) is 12.3 Å². The highest BCUT2D eigenvalue weighted by atomic mass is 32.2. The lowest BCUT2D eigenvalue weighted by molar-refractivity contribution is 0.541. The van der Waals surface area contributed by atoms with Crippen molar-refractivity contribution in [2.24, 2.45) is 0 Å². The van der Waals surface area contributed by atoms with Crippen molar-refractivity contribution in [3.63, 3.8) is 0 Å². The molecule has 3 nitrogen and oxygen atoms in total. The summed E-state index contributed by atoms with van der Waals surface area (Å²) in [5.41, 5.74) is -0.0535. The first-order valence-electron chi connectivity index (χ1n) is 5.75. The summed E-state index contributed by atoms with van der Waals surface area (Å²) in [5.74, 6) is 0. The number of hydrogen-bond donors (Lipinski definition) is 0. The third-order valence-corrected chi connectivity index (χ3v) is 4.15. The van der Waals surface area contributed by atoms with Gasteiger partial charge in [0.05, 0.1) is 10.8 Å². The first-order chi connectivity index (χ1) is 9.25. The predicted molar refractivity (Wildman–Crippen MR) is 80.3 cm³/mol. The number of fused-ring (bicyclic) bond motifs is 1. The number of benzene rings is 2. The van der Waals surface area contributed by atoms with Crippen molar-refractivity contribution in [1.29, 1.82) is 0 Å². The molecule has 0 amide bonds. The molecule has 0 saturated carbocycles. The molecule has 1 heterocycles. The fraction of sp³-hybridized carbons (Fsp3) is 0.0625. The quantitative estimate of drug-likeness (QED) is 0.676. The van der Waals surface area contributed by atoms with Gasteiger partial charge >= 0.3 is 5.63 Å². The van der Waals surface area contributed by atoms with E-state index < -0.39 is 16.4 Å². The van der Waals surface area contributed by atoms with E-state index in [9.17, 15) is 9.00 Å². The van der Waals surface area contributed by atoms with Crippen LogP contribution in [0.15, 0.2) is 79.7 Å². The van der Waals surface area contributed by atoms with Crippen molar-refractivity contribution >= 4 is 21.8 Å². The van der Waals surface area contributed by atoms with Gasteiger partial charge in [-0.2, -0.15) is 0 Å². The maximum atomic E-state index is 12.4. The monoisotopic (exact) mass is 286 g/mol. The maximum Gasteiger partial charge on any atom is 0.353 e. The van der Waals surface area contributed by atoms with Crippen molar-refractivity contribution in [1.82, 2.24) is 0 Å². The second-order valence-corrected chi connectivity index (χ2v) is 5.47. The van der Waals surface area contributed by atoms with Crippen molar-refractivity contribution in [2.75, 3.05) is 0 Å². The highest BCUT2D eigenvalue weighted by Gasteiger charge is 2.13. The zero-order chi connectivity index (χ0) is 13.2. The summed E-state index contributed by atoms with van der Waals surface area (Å²) in [7, 11) is -1.52. The molecule has 1 aromatic heterocycles. The highest BCUT2D eigenvalue weighted by molar-refractivity contribution is 7.85. The first-order valence-corrected chi connectivity index (χ1v) is 6.90. The Morgan fingerprint density at radius 1 is 0.900 bits per heavy atom. The van der Waals surface area contributed by atoms with Gasteiger partial charge in [-0.05, 0) is 24.3 Å². The van der Waals surface area contributed by atoms with Crippen molar-refractivity contribution in [3.8, 4) is 0 Å². The van der Waals surface area contributed by atoms with E-state index >= 15 is 0 Å². The zero-order valence-corrected chi connectivity index (χ0v) is 10.7. The van der Waals surface area contributed by atoms with Crippen LogP contribution in [0.25, 0.3) is 11.0 Å². The molecule has 0 bridgehead atoms. The fourth-order valence-electron chi connectivity index (χ4n) is 1.84. The van der Waals surface area contributed by atoms with Gasteiger partial charge in [0.1, 0.15) is 10.5 Å². The molecule has 0 N–H and O–H groups in total. The summed E-state index contributed by atoms with van der Waals surface area (Å²) < 4.78 is 17.5. The van der Waals surface area contributed by atoms with E-state index in [0.29, 0.717) is 10.5 Å². The molecule has 0 aliphatic rings. The number of para-hydroxylation sites is 1. The zero-order valence-electron chi connectivity index (χ0n) is 9.91. The molecule has 0 saturated heterocycles. The summed E-state index contributed by atoms with van der Waals surface area (Å²) >= 11 is 0. The minimum Gasteiger partial charge on any atom is -0.422 e. The van der Waals surface area contributed by atoms with Crippen LogP contribution in [0.4, 0.5) is 0 Å². The third kappa shape index (κ3) is 2.56. The van der Waals surface area contributed by atoms with Gasteiger partial charge in [-0.1, -0.05) is 43.8 Å². The molecule has 102 valence electrons. The smallest absolute Gasteiger partial charge is 0.353 e. The van der Waals surface area contributed by atoms with Gasteiger partial charge in [-0.3, -0.25) is 0 Å². The lowest BCUT2D eigenvalue weighted by atomic mass is 10.2. The second-order valence-electron chi connectivity index (χ2n) is 4.02. The molecule has 0 aliphatic carbocycles. The summed E-state index contributed by atoms with van der Waals surface area (Å²) in [5, 5.41) is 0.765. The van der Waals surface area contributed by atoms with Crippen molar-refractivity contribution in [3.05, 3.63) is 71.1 Å². The molecule has 0 aliphatic heterocycles. The van der Waals surface area contributed by atoms with Crippen molar-refractivity contribution in [2.45, 2.75) is 17.2 Å². The molecular weight excluding hydrogens is 272 g/mol. The van der Waals surface area contributed by atoms with Crippen LogP contribution in [0.2, 0.25) is 0 Å². The summed E-state index contributed by atoms with van der Waals surface area (Å²) in [4.78, 5) is 12.6. The highest BCUT2D eigenvalue weighted by Crippen LogP contribution is 2.18. The summed E-state index contributed by atoms with van der Waals surface area (Å²) in [6.45, 7) is 0. The third-order valence-electron chi connectivity index (χ3n) is 2.77. The van der Waals surface area contributed by atoms with Crippen LogP contribution in [0.3, 0.4) is 0 Å². The largest absolute Gasteiger partial charge is 0.422 e. The maximum absolute atomic E-state index is 12.4. The SMILES string of the molecule is C.O=c1oc2ccccc2cc1S(=O)c1ccccc1. The molecule has 3 aromatic rings. The van der Waals surface area contributed by atoms with Gasteiger partial charge < -0.3 is 4.42 Å². The average molecular weight is 286 g/mol. The van der Waals surface area contributed by atoms with Gasteiger partial charge in [-0.15, -0.1) is 0 Å². The van der Waals surface area contributed by atoms with Crippen LogP contribution in [0.5, 0.6) is 0 Å². The molecule has 20 heavy (non-hydrogen) atoms. The van der Waals surface area contributed by atoms with Crippen molar-refractivity contribution < 1.29 is 8.63 Å². The van der Waals surface area contributed by atoms with Gasteiger partial charge in [0.15, 0.2) is 0 Å². The van der Waals surface area contributed by atoms with Crippen LogP contribution in [-0.2, 0) is 10.8 Å². The molecule has 1 unspecified atom stereocenters. The van der Waals surface area contributed by atoms with E-state index in [4.69, 9.17) is 4.42 Å². The van der Waals surface area contributed by atoms with Crippen LogP contribution in [-0.4, -0.2) is 4.21 Å². The Labute approximate surface area is 119 Å². The van der Waals surface area contributed by atoms with Crippen LogP contribution < -0.4 is 5.63 Å². The molecule has 2 aromatic carbocycles. The molecule has 3 rings (SSSR count). The van der Waals surface area contributed by atoms with Gasteiger partial charge in [0.2, 0.25) is 0 Å².